The van der Waals surface area contributed by atoms with Gasteiger partial charge in [-0.05, 0) is 18.2 Å². The first-order valence-corrected chi connectivity index (χ1v) is 9.57. The van der Waals surface area contributed by atoms with Crippen LogP contribution >= 0.6 is 11.6 Å². The molecule has 26 heavy (non-hydrogen) atoms. The third-order valence-electron chi connectivity index (χ3n) is 3.67. The first kappa shape index (κ1) is 18.5. The summed E-state index contributed by atoms with van der Waals surface area (Å²) in [7, 11) is -3.42. The van der Waals surface area contributed by atoms with Crippen LogP contribution in [0, 0.1) is 0 Å². The quantitative estimate of drug-likeness (QED) is 0.685. The minimum Gasteiger partial charge on any atom is -0.334 e. The number of benzene rings is 2. The summed E-state index contributed by atoms with van der Waals surface area (Å²) < 4.78 is 62.5. The molecule has 0 saturated carbocycles. The van der Waals surface area contributed by atoms with Gasteiger partial charge in [0, 0.05) is 22.4 Å². The van der Waals surface area contributed by atoms with Crippen LogP contribution < -0.4 is 0 Å². The summed E-state index contributed by atoms with van der Waals surface area (Å²) in [5.74, 6) is -1.16. The molecule has 3 rings (SSSR count). The zero-order valence-electron chi connectivity index (χ0n) is 13.3. The standard InChI is InChI=1S/C17H12ClF3N2O2S/c1-26(24,25)11-8-6-10(7-9-11)14-15(12-4-2-3-5-13(12)18)23-16(22-14)17(19,20)21/h2-9H,1H3,(H,22,23). The molecule has 0 unspecified atom stereocenters. The van der Waals surface area contributed by atoms with Crippen molar-refractivity contribution in [1.29, 1.82) is 0 Å². The lowest BCUT2D eigenvalue weighted by atomic mass is 10.1. The number of hydrogen-bond acceptors (Lipinski definition) is 3. The summed E-state index contributed by atoms with van der Waals surface area (Å²) in [5, 5.41) is 0.263. The summed E-state index contributed by atoms with van der Waals surface area (Å²) in [6.45, 7) is 0. The highest BCUT2D eigenvalue weighted by Crippen LogP contribution is 2.38. The van der Waals surface area contributed by atoms with Crippen LogP contribution in [0.4, 0.5) is 13.2 Å². The van der Waals surface area contributed by atoms with Crippen molar-refractivity contribution in [2.45, 2.75) is 11.1 Å². The first-order chi connectivity index (χ1) is 12.1. The molecule has 0 amide bonds. The number of nitrogens with zero attached hydrogens (tertiary/aromatic N) is 1. The van der Waals surface area contributed by atoms with E-state index in [1.165, 1.54) is 24.3 Å². The number of aromatic amines is 1. The van der Waals surface area contributed by atoms with Crippen LogP contribution in [-0.4, -0.2) is 24.6 Å². The Hall–Kier alpha value is -2.32. The summed E-state index contributed by atoms with van der Waals surface area (Å²) >= 11 is 6.12. The molecule has 0 radical (unpaired) electrons. The lowest BCUT2D eigenvalue weighted by molar-refractivity contribution is -0.144. The van der Waals surface area contributed by atoms with Gasteiger partial charge in [0.2, 0.25) is 5.82 Å². The van der Waals surface area contributed by atoms with E-state index in [9.17, 15) is 21.6 Å². The number of nitrogens with one attached hydrogen (secondary N) is 1. The van der Waals surface area contributed by atoms with Gasteiger partial charge in [0.25, 0.3) is 0 Å². The van der Waals surface area contributed by atoms with Gasteiger partial charge in [-0.2, -0.15) is 13.2 Å². The summed E-state index contributed by atoms with van der Waals surface area (Å²) in [6, 6.07) is 11.9. The minimum absolute atomic E-state index is 0.0328. The van der Waals surface area contributed by atoms with E-state index in [4.69, 9.17) is 11.6 Å². The number of halogens is 4. The van der Waals surface area contributed by atoms with Gasteiger partial charge in [0.1, 0.15) is 0 Å². The average molecular weight is 401 g/mol. The van der Waals surface area contributed by atoms with E-state index in [1.807, 2.05) is 0 Å². The Morgan fingerprint density at radius 1 is 1.04 bits per heavy atom. The maximum absolute atomic E-state index is 13.1. The molecule has 0 aliphatic heterocycles. The number of rotatable bonds is 3. The van der Waals surface area contributed by atoms with Gasteiger partial charge in [-0.3, -0.25) is 0 Å². The number of hydrogen-bond donors (Lipinski definition) is 1. The molecule has 1 N–H and O–H groups in total. The fourth-order valence-corrected chi connectivity index (χ4v) is 3.30. The van der Waals surface area contributed by atoms with Crippen molar-refractivity contribution in [3.63, 3.8) is 0 Å². The molecule has 0 aliphatic carbocycles. The van der Waals surface area contributed by atoms with Crippen molar-refractivity contribution in [1.82, 2.24) is 9.97 Å². The minimum atomic E-state index is -4.67. The van der Waals surface area contributed by atoms with Gasteiger partial charge in [0.15, 0.2) is 9.84 Å². The third-order valence-corrected chi connectivity index (χ3v) is 5.13. The predicted octanol–water partition coefficient (Wildman–Crippen LogP) is 4.82. The zero-order chi connectivity index (χ0) is 19.1. The van der Waals surface area contributed by atoms with Crippen LogP contribution in [0.25, 0.3) is 22.5 Å². The Morgan fingerprint density at radius 2 is 1.65 bits per heavy atom. The van der Waals surface area contributed by atoms with Gasteiger partial charge in [-0.25, -0.2) is 13.4 Å². The Morgan fingerprint density at radius 3 is 2.19 bits per heavy atom. The normalized spacial score (nSPS) is 12.3. The van der Waals surface area contributed by atoms with Crippen molar-refractivity contribution in [3.8, 4) is 22.5 Å². The molecule has 0 bridgehead atoms. The van der Waals surface area contributed by atoms with E-state index in [1.54, 1.807) is 24.3 Å². The SMILES string of the molecule is CS(=O)(=O)c1ccc(-c2nc(C(F)(F)F)[nH]c2-c2ccccc2Cl)cc1. The number of imidazole rings is 1. The van der Waals surface area contributed by atoms with Crippen LogP contribution in [0.1, 0.15) is 5.82 Å². The highest BCUT2D eigenvalue weighted by molar-refractivity contribution is 7.90. The molecule has 2 aromatic carbocycles. The van der Waals surface area contributed by atoms with E-state index < -0.39 is 21.8 Å². The van der Waals surface area contributed by atoms with Crippen LogP contribution in [-0.2, 0) is 16.0 Å². The maximum atomic E-state index is 13.1. The zero-order valence-corrected chi connectivity index (χ0v) is 14.9. The molecule has 1 aromatic heterocycles. The Kier molecular flexibility index (Phi) is 4.58. The average Bonchev–Trinajstić information content (AvgIpc) is 3.00. The predicted molar refractivity (Wildman–Crippen MR) is 92.6 cm³/mol. The lowest BCUT2D eigenvalue weighted by Crippen LogP contribution is -2.07. The number of alkyl halides is 3. The summed E-state index contributed by atoms with van der Waals surface area (Å²) in [6.07, 6.45) is -3.62. The van der Waals surface area contributed by atoms with Gasteiger partial charge < -0.3 is 4.98 Å². The second-order valence-electron chi connectivity index (χ2n) is 5.58. The van der Waals surface area contributed by atoms with Crippen LogP contribution in [0.2, 0.25) is 5.02 Å². The van der Waals surface area contributed by atoms with Gasteiger partial charge in [-0.15, -0.1) is 0 Å². The molecule has 0 atom stereocenters. The number of aromatic nitrogens is 2. The van der Waals surface area contributed by atoms with Gasteiger partial charge in [-0.1, -0.05) is 41.9 Å². The summed E-state index contributed by atoms with van der Waals surface area (Å²) in [5.41, 5.74) is 0.832. The highest BCUT2D eigenvalue weighted by Gasteiger charge is 2.36. The second-order valence-corrected chi connectivity index (χ2v) is 8.01. The third kappa shape index (κ3) is 3.61. The van der Waals surface area contributed by atoms with E-state index in [0.29, 0.717) is 11.1 Å². The molecule has 1 heterocycles. The molecule has 4 nitrogen and oxygen atoms in total. The number of H-pyrrole nitrogens is 1. The highest BCUT2D eigenvalue weighted by atomic mass is 35.5. The molecular formula is C17H12ClF3N2O2S. The second kappa shape index (κ2) is 6.44. The van der Waals surface area contributed by atoms with Gasteiger partial charge in [0.05, 0.1) is 16.3 Å². The monoisotopic (exact) mass is 400 g/mol. The van der Waals surface area contributed by atoms with Crippen LogP contribution in [0.5, 0.6) is 0 Å². The first-order valence-electron chi connectivity index (χ1n) is 7.30. The topological polar surface area (TPSA) is 62.8 Å². The van der Waals surface area contributed by atoms with E-state index in [2.05, 4.69) is 9.97 Å². The molecule has 0 fully saturated rings. The summed E-state index contributed by atoms with van der Waals surface area (Å²) in [4.78, 5) is 6.02. The lowest BCUT2D eigenvalue weighted by Gasteiger charge is -2.06. The van der Waals surface area contributed by atoms with E-state index >= 15 is 0 Å². The molecular weight excluding hydrogens is 389 g/mol. The number of sulfone groups is 1. The molecule has 0 aliphatic rings. The Bertz CT molecular complexity index is 1060. The van der Waals surface area contributed by atoms with Crippen molar-refractivity contribution in [2.75, 3.05) is 6.26 Å². The van der Waals surface area contributed by atoms with E-state index in [0.717, 1.165) is 6.26 Å². The van der Waals surface area contributed by atoms with Gasteiger partial charge >= 0.3 is 6.18 Å². The van der Waals surface area contributed by atoms with Crippen LogP contribution in [0.15, 0.2) is 53.4 Å². The van der Waals surface area contributed by atoms with Crippen LogP contribution in [0.3, 0.4) is 0 Å². The molecule has 0 spiro atoms. The fourth-order valence-electron chi connectivity index (χ4n) is 2.44. The Labute approximate surface area is 152 Å². The molecule has 0 saturated heterocycles. The molecule has 136 valence electrons. The largest absolute Gasteiger partial charge is 0.449 e. The fraction of sp³-hybridized carbons (Fsp3) is 0.118. The van der Waals surface area contributed by atoms with E-state index in [-0.39, 0.29) is 21.3 Å². The maximum Gasteiger partial charge on any atom is 0.449 e. The smallest absolute Gasteiger partial charge is 0.334 e. The van der Waals surface area contributed by atoms with Crippen molar-refractivity contribution in [3.05, 3.63) is 59.4 Å². The van der Waals surface area contributed by atoms with Crippen molar-refractivity contribution < 1.29 is 21.6 Å². The van der Waals surface area contributed by atoms with Crippen molar-refractivity contribution >= 4 is 21.4 Å². The molecule has 9 heteroatoms. The van der Waals surface area contributed by atoms with Crippen molar-refractivity contribution in [2.24, 2.45) is 0 Å². The Balaban J connectivity index is 2.20. The molecule has 3 aromatic rings.